The highest BCUT2D eigenvalue weighted by atomic mass is 19.1. The van der Waals surface area contributed by atoms with Gasteiger partial charge in [-0.3, -0.25) is 9.88 Å². The lowest BCUT2D eigenvalue weighted by Gasteiger charge is -2.31. The van der Waals surface area contributed by atoms with Crippen LogP contribution in [0.3, 0.4) is 0 Å². The molecule has 0 saturated carbocycles. The van der Waals surface area contributed by atoms with Gasteiger partial charge in [-0.05, 0) is 118 Å². The van der Waals surface area contributed by atoms with Crippen LogP contribution in [0.2, 0.25) is 0 Å². The highest BCUT2D eigenvalue weighted by Crippen LogP contribution is 2.41. The molecule has 2 fully saturated rings. The molecular weight excluding hydrogens is 646 g/mol. The van der Waals surface area contributed by atoms with Gasteiger partial charge < -0.3 is 20.2 Å². The van der Waals surface area contributed by atoms with E-state index in [9.17, 15) is 5.11 Å². The van der Waals surface area contributed by atoms with Crippen LogP contribution < -0.4 is 9.64 Å². The monoisotopic (exact) mass is 696 g/mol. The molecule has 2 aromatic carbocycles. The lowest BCUT2D eigenvalue weighted by Crippen LogP contribution is -2.43. The largest absolute Gasteiger partial charge is 0.508 e. The third-order valence-electron chi connectivity index (χ3n) is 10.5. The van der Waals surface area contributed by atoms with E-state index in [1.807, 2.05) is 32.9 Å². The summed E-state index contributed by atoms with van der Waals surface area (Å²) in [5.74, 6) is -0.645. The maximum Gasteiger partial charge on any atom is 0.319 e. The second-order valence-corrected chi connectivity index (χ2v) is 14.2. The highest BCUT2D eigenvalue weighted by molar-refractivity contribution is 6.06. The zero-order chi connectivity index (χ0) is 36.3. The quantitative estimate of drug-likeness (QED) is 0.127. The van der Waals surface area contributed by atoms with Crippen molar-refractivity contribution in [1.29, 1.82) is 5.41 Å². The number of nitrogens with one attached hydrogen (secondary N) is 1. The Morgan fingerprint density at radius 2 is 1.86 bits per heavy atom. The third-order valence-corrected chi connectivity index (χ3v) is 10.5. The van der Waals surface area contributed by atoms with Crippen LogP contribution in [0.4, 0.5) is 14.6 Å². The number of fused-ring (bicyclic) bond motifs is 3. The van der Waals surface area contributed by atoms with Gasteiger partial charge in [-0.25, -0.2) is 8.78 Å². The van der Waals surface area contributed by atoms with E-state index in [2.05, 4.69) is 28.6 Å². The van der Waals surface area contributed by atoms with Crippen LogP contribution in [-0.2, 0) is 6.42 Å². The fourth-order valence-electron chi connectivity index (χ4n) is 7.94. The minimum Gasteiger partial charge on any atom is -0.508 e. The Kier molecular flexibility index (Phi) is 11.0. The molecule has 0 amide bonds. The molecule has 51 heavy (non-hydrogen) atoms. The fraction of sp³-hybridized carbons (Fsp3) is 0.463. The van der Waals surface area contributed by atoms with Crippen molar-refractivity contribution in [2.24, 2.45) is 0 Å². The Hall–Kier alpha value is -4.44. The van der Waals surface area contributed by atoms with Crippen LogP contribution in [0.5, 0.6) is 11.8 Å². The van der Waals surface area contributed by atoms with Crippen LogP contribution in [0.25, 0.3) is 32.9 Å². The zero-order valence-corrected chi connectivity index (χ0v) is 30.6. The van der Waals surface area contributed by atoms with Crippen molar-refractivity contribution in [3.05, 3.63) is 71.0 Å². The van der Waals surface area contributed by atoms with Gasteiger partial charge >= 0.3 is 6.01 Å². The standard InChI is InChI=1S/C41H50F2N6O2/c1-6-9-17-48(24-26(4)20-34(44)27(5)12-7-2)39-32-23-45-37(31-22-29(50)21-28-13-14-33(42)30(8-3)35(28)31)36(43)38(32)46-40(47-39)51-25-41-15-10-18-49(41)19-11-16-41/h12-14,20-23,44,50H,6-11,15-19,24-25H2,1-5H3/b26-20+,27-12+,44-34?. The number of hydrogen-bond donors (Lipinski definition) is 2. The van der Waals surface area contributed by atoms with Crippen molar-refractivity contribution < 1.29 is 18.6 Å². The number of aryl methyl sites for hydroxylation is 1. The first-order chi connectivity index (χ1) is 24.6. The maximum atomic E-state index is 17.1. The third kappa shape index (κ3) is 7.34. The summed E-state index contributed by atoms with van der Waals surface area (Å²) in [5.41, 5.74) is 3.02. The summed E-state index contributed by atoms with van der Waals surface area (Å²) in [6.45, 7) is 13.6. The van der Waals surface area contributed by atoms with Crippen LogP contribution in [0, 0.1) is 17.0 Å². The van der Waals surface area contributed by atoms with Crippen LogP contribution in [0.15, 0.2) is 53.8 Å². The Morgan fingerprint density at radius 3 is 2.57 bits per heavy atom. The Labute approximate surface area is 299 Å². The number of aromatic hydroxyl groups is 1. The molecule has 2 saturated heterocycles. The number of phenolic OH excluding ortho intramolecular Hbond substituents is 1. The Bertz CT molecular complexity index is 2000. The number of rotatable bonds is 14. The van der Waals surface area contributed by atoms with E-state index < -0.39 is 11.6 Å². The number of halogens is 2. The van der Waals surface area contributed by atoms with E-state index >= 15 is 8.78 Å². The van der Waals surface area contributed by atoms with Crippen molar-refractivity contribution in [3.8, 4) is 23.0 Å². The normalized spacial score (nSPS) is 16.3. The van der Waals surface area contributed by atoms with E-state index in [-0.39, 0.29) is 28.5 Å². The van der Waals surface area contributed by atoms with E-state index in [0.717, 1.165) is 69.2 Å². The minimum atomic E-state index is -0.689. The van der Waals surface area contributed by atoms with Gasteiger partial charge in [0.1, 0.15) is 35.2 Å². The number of ether oxygens (including phenoxy) is 1. The van der Waals surface area contributed by atoms with Gasteiger partial charge in [0.2, 0.25) is 0 Å². The molecule has 8 nitrogen and oxygen atoms in total. The van der Waals surface area contributed by atoms with Gasteiger partial charge in [-0.2, -0.15) is 9.97 Å². The molecule has 0 bridgehead atoms. The molecule has 0 spiro atoms. The van der Waals surface area contributed by atoms with E-state index in [4.69, 9.17) is 20.1 Å². The second kappa shape index (κ2) is 15.4. The molecular formula is C41H50F2N6O2. The van der Waals surface area contributed by atoms with Crippen molar-refractivity contribution in [2.45, 2.75) is 91.5 Å². The van der Waals surface area contributed by atoms with Gasteiger partial charge in [0.15, 0.2) is 5.82 Å². The van der Waals surface area contributed by atoms with Gasteiger partial charge in [-0.1, -0.05) is 44.9 Å². The number of hydrogen-bond acceptors (Lipinski definition) is 8. The first-order valence-corrected chi connectivity index (χ1v) is 18.5. The number of benzene rings is 2. The molecule has 0 radical (unpaired) electrons. The van der Waals surface area contributed by atoms with Crippen molar-refractivity contribution in [3.63, 3.8) is 0 Å². The van der Waals surface area contributed by atoms with E-state index in [0.29, 0.717) is 64.9 Å². The highest BCUT2D eigenvalue weighted by Gasteiger charge is 2.45. The molecule has 270 valence electrons. The van der Waals surface area contributed by atoms with Crippen LogP contribution in [-0.4, -0.2) is 69.0 Å². The lowest BCUT2D eigenvalue weighted by molar-refractivity contribution is 0.108. The number of pyridine rings is 1. The molecule has 2 aromatic heterocycles. The molecule has 4 aromatic rings. The Balaban J connectivity index is 1.51. The number of anilines is 1. The Morgan fingerprint density at radius 1 is 1.10 bits per heavy atom. The molecule has 0 unspecified atom stereocenters. The molecule has 10 heteroatoms. The molecule has 2 aliphatic heterocycles. The predicted molar refractivity (Wildman–Crippen MR) is 202 cm³/mol. The molecule has 2 aliphatic rings. The van der Waals surface area contributed by atoms with Crippen LogP contribution in [0.1, 0.15) is 85.1 Å². The van der Waals surface area contributed by atoms with E-state index in [1.165, 1.54) is 12.1 Å². The lowest BCUT2D eigenvalue weighted by atomic mass is 9.94. The van der Waals surface area contributed by atoms with E-state index in [1.54, 1.807) is 18.3 Å². The molecule has 0 aliphatic carbocycles. The zero-order valence-electron chi connectivity index (χ0n) is 30.6. The summed E-state index contributed by atoms with van der Waals surface area (Å²) in [4.78, 5) is 18.9. The molecule has 2 N–H and O–H groups in total. The van der Waals surface area contributed by atoms with Gasteiger partial charge in [0, 0.05) is 24.8 Å². The fourth-order valence-corrected chi connectivity index (χ4v) is 7.94. The molecule has 0 atom stereocenters. The molecule has 6 rings (SSSR count). The minimum absolute atomic E-state index is 0.0292. The number of unbranched alkanes of at least 4 members (excludes halogenated alkanes) is 1. The van der Waals surface area contributed by atoms with Crippen molar-refractivity contribution >= 4 is 33.2 Å². The van der Waals surface area contributed by atoms with Crippen LogP contribution >= 0.6 is 0 Å². The SMILES string of the molecule is CC/C=C(\C)C(=N)/C=C(\C)CN(CCCC)c1nc(OCC23CCCN2CCC3)nc2c(F)c(-c3cc(O)cc4ccc(F)c(CC)c34)ncc12. The van der Waals surface area contributed by atoms with Gasteiger partial charge in [0.25, 0.3) is 0 Å². The maximum absolute atomic E-state index is 17.1. The molecule has 4 heterocycles. The average Bonchev–Trinajstić information content (AvgIpc) is 3.70. The summed E-state index contributed by atoms with van der Waals surface area (Å²) >= 11 is 0. The number of aromatic nitrogens is 3. The van der Waals surface area contributed by atoms with Gasteiger partial charge in [-0.15, -0.1) is 0 Å². The average molecular weight is 697 g/mol. The summed E-state index contributed by atoms with van der Waals surface area (Å²) in [5, 5.41) is 20.8. The number of allylic oxidation sites excluding steroid dienone is 3. The summed E-state index contributed by atoms with van der Waals surface area (Å²) in [6.07, 6.45) is 12.9. The number of phenols is 1. The summed E-state index contributed by atoms with van der Waals surface area (Å²) < 4.78 is 38.7. The topological polar surface area (TPSA) is 98.5 Å². The van der Waals surface area contributed by atoms with Gasteiger partial charge in [0.05, 0.1) is 16.6 Å². The van der Waals surface area contributed by atoms with Crippen molar-refractivity contribution in [1.82, 2.24) is 19.9 Å². The summed E-state index contributed by atoms with van der Waals surface area (Å²) in [7, 11) is 0. The number of nitrogens with zero attached hydrogens (tertiary/aromatic N) is 5. The first-order valence-electron chi connectivity index (χ1n) is 18.5. The van der Waals surface area contributed by atoms with Crippen molar-refractivity contribution in [2.75, 3.05) is 37.7 Å². The summed E-state index contributed by atoms with van der Waals surface area (Å²) in [6, 6.07) is 6.06. The second-order valence-electron chi connectivity index (χ2n) is 14.2. The predicted octanol–water partition coefficient (Wildman–Crippen LogP) is 9.33. The first kappa shape index (κ1) is 36.4. The smallest absolute Gasteiger partial charge is 0.319 e.